The van der Waals surface area contributed by atoms with E-state index in [-0.39, 0.29) is 0 Å². The van der Waals surface area contributed by atoms with Gasteiger partial charge in [-0.25, -0.2) is 9.97 Å². The Bertz CT molecular complexity index is 847. The summed E-state index contributed by atoms with van der Waals surface area (Å²) >= 11 is 5.68. The first-order valence-corrected chi connectivity index (χ1v) is 8.27. The van der Waals surface area contributed by atoms with E-state index >= 15 is 0 Å². The molecular weight excluding hydrogens is 322 g/mol. The third-order valence-corrected chi connectivity index (χ3v) is 3.64. The molecule has 0 atom stereocenters. The first-order chi connectivity index (χ1) is 11.8. The largest absolute Gasteiger partial charge is 0.492 e. The van der Waals surface area contributed by atoms with Gasteiger partial charge in [0.2, 0.25) is 0 Å². The van der Waals surface area contributed by atoms with Crippen molar-refractivity contribution in [1.82, 2.24) is 9.97 Å². The Morgan fingerprint density at radius 3 is 2.71 bits per heavy atom. The molecule has 0 aliphatic rings. The standard InChI is InChI=1S/C19H18ClN3O/c1-2-3-14-4-6-15(7-5-14)23-19-17-12-16(24-11-10-20)8-9-18(17)21-13-22-19/h2-9,12-13H,10-11H2,1H3,(H,21,22,23)/b3-2+. The zero-order valence-corrected chi connectivity index (χ0v) is 14.1. The van der Waals surface area contributed by atoms with Gasteiger partial charge in [-0.1, -0.05) is 24.3 Å². The normalized spacial score (nSPS) is 11.1. The third-order valence-electron chi connectivity index (χ3n) is 3.49. The molecule has 0 unspecified atom stereocenters. The lowest BCUT2D eigenvalue weighted by Gasteiger charge is -2.10. The van der Waals surface area contributed by atoms with Gasteiger partial charge in [0.05, 0.1) is 11.4 Å². The number of ether oxygens (including phenoxy) is 1. The number of aromatic nitrogens is 2. The highest BCUT2D eigenvalue weighted by molar-refractivity contribution is 6.18. The summed E-state index contributed by atoms with van der Waals surface area (Å²) in [5.41, 5.74) is 2.99. The van der Waals surface area contributed by atoms with Gasteiger partial charge >= 0.3 is 0 Å². The summed E-state index contributed by atoms with van der Waals surface area (Å²) in [7, 11) is 0. The molecule has 1 aromatic heterocycles. The highest BCUT2D eigenvalue weighted by atomic mass is 35.5. The van der Waals surface area contributed by atoms with Gasteiger partial charge in [0.25, 0.3) is 0 Å². The van der Waals surface area contributed by atoms with E-state index < -0.39 is 0 Å². The molecule has 1 N–H and O–H groups in total. The van der Waals surface area contributed by atoms with E-state index in [4.69, 9.17) is 16.3 Å². The van der Waals surface area contributed by atoms with Gasteiger partial charge in [-0.05, 0) is 42.8 Å². The summed E-state index contributed by atoms with van der Waals surface area (Å²) < 4.78 is 5.59. The number of alkyl halides is 1. The number of hydrogen-bond acceptors (Lipinski definition) is 4. The van der Waals surface area contributed by atoms with Crippen LogP contribution in [-0.2, 0) is 0 Å². The van der Waals surface area contributed by atoms with E-state index in [1.165, 1.54) is 0 Å². The molecule has 0 saturated heterocycles. The molecule has 0 bridgehead atoms. The summed E-state index contributed by atoms with van der Waals surface area (Å²) in [5, 5.41) is 4.25. The van der Waals surface area contributed by atoms with E-state index in [9.17, 15) is 0 Å². The molecule has 0 aliphatic carbocycles. The van der Waals surface area contributed by atoms with E-state index in [1.54, 1.807) is 6.33 Å². The number of rotatable bonds is 6. The first-order valence-electron chi connectivity index (χ1n) is 7.73. The van der Waals surface area contributed by atoms with Crippen molar-refractivity contribution in [2.45, 2.75) is 6.92 Å². The predicted octanol–water partition coefficient (Wildman–Crippen LogP) is 5.02. The highest BCUT2D eigenvalue weighted by Gasteiger charge is 2.06. The van der Waals surface area contributed by atoms with Crippen LogP contribution in [0.25, 0.3) is 17.0 Å². The van der Waals surface area contributed by atoms with Crippen LogP contribution in [0.15, 0.2) is 54.9 Å². The molecule has 0 amide bonds. The van der Waals surface area contributed by atoms with Crippen LogP contribution in [-0.4, -0.2) is 22.5 Å². The van der Waals surface area contributed by atoms with E-state index in [0.717, 1.165) is 33.7 Å². The fourth-order valence-electron chi connectivity index (χ4n) is 2.39. The number of benzene rings is 2. The van der Waals surface area contributed by atoms with Gasteiger partial charge in [0.1, 0.15) is 24.5 Å². The summed E-state index contributed by atoms with van der Waals surface area (Å²) in [6, 6.07) is 13.9. The van der Waals surface area contributed by atoms with Crippen molar-refractivity contribution in [2.75, 3.05) is 17.8 Å². The van der Waals surface area contributed by atoms with Crippen LogP contribution in [0.2, 0.25) is 0 Å². The number of hydrogen-bond donors (Lipinski definition) is 1. The lowest BCUT2D eigenvalue weighted by Crippen LogP contribution is -1.99. The van der Waals surface area contributed by atoms with Crippen molar-refractivity contribution in [3.8, 4) is 5.75 Å². The molecule has 0 radical (unpaired) electrons. The summed E-state index contributed by atoms with van der Waals surface area (Å²) in [4.78, 5) is 8.67. The van der Waals surface area contributed by atoms with Crippen LogP contribution >= 0.6 is 11.6 Å². The van der Waals surface area contributed by atoms with Crippen LogP contribution < -0.4 is 10.1 Å². The van der Waals surface area contributed by atoms with Crippen LogP contribution in [0.4, 0.5) is 11.5 Å². The summed E-state index contributed by atoms with van der Waals surface area (Å²) in [6.07, 6.45) is 5.63. The second-order valence-electron chi connectivity index (χ2n) is 5.19. The molecule has 2 aromatic carbocycles. The molecule has 0 spiro atoms. The van der Waals surface area contributed by atoms with Crippen molar-refractivity contribution in [1.29, 1.82) is 0 Å². The monoisotopic (exact) mass is 339 g/mol. The predicted molar refractivity (Wildman–Crippen MR) is 100 cm³/mol. The first kappa shape index (κ1) is 16.3. The maximum Gasteiger partial charge on any atom is 0.141 e. The Kier molecular flexibility index (Phi) is 5.29. The molecule has 3 aromatic rings. The van der Waals surface area contributed by atoms with Crippen molar-refractivity contribution < 1.29 is 4.74 Å². The number of allylic oxidation sites excluding steroid dienone is 1. The Labute approximate surface area is 146 Å². The number of anilines is 2. The van der Waals surface area contributed by atoms with Crippen molar-refractivity contribution >= 4 is 40.1 Å². The molecule has 5 heteroatoms. The molecule has 0 fully saturated rings. The minimum absolute atomic E-state index is 0.451. The quantitative estimate of drug-likeness (QED) is 0.640. The van der Waals surface area contributed by atoms with Gasteiger partial charge in [-0.3, -0.25) is 0 Å². The van der Waals surface area contributed by atoms with Crippen molar-refractivity contribution in [3.05, 3.63) is 60.4 Å². The van der Waals surface area contributed by atoms with Gasteiger partial charge < -0.3 is 10.1 Å². The molecule has 3 rings (SSSR count). The van der Waals surface area contributed by atoms with Crippen LogP contribution in [0, 0.1) is 0 Å². The van der Waals surface area contributed by atoms with Crippen LogP contribution in [0.3, 0.4) is 0 Å². The number of nitrogens with zero attached hydrogens (tertiary/aromatic N) is 2. The average Bonchev–Trinajstić information content (AvgIpc) is 2.62. The van der Waals surface area contributed by atoms with Gasteiger partial charge in [-0.2, -0.15) is 0 Å². The molecular formula is C19H18ClN3O. The zero-order valence-electron chi connectivity index (χ0n) is 13.4. The minimum Gasteiger partial charge on any atom is -0.492 e. The Balaban J connectivity index is 1.90. The van der Waals surface area contributed by atoms with Gasteiger partial charge in [-0.15, -0.1) is 11.6 Å². The fourth-order valence-corrected chi connectivity index (χ4v) is 2.47. The highest BCUT2D eigenvalue weighted by Crippen LogP contribution is 2.27. The fraction of sp³-hybridized carbons (Fsp3) is 0.158. The van der Waals surface area contributed by atoms with E-state index in [1.807, 2.05) is 43.3 Å². The molecule has 24 heavy (non-hydrogen) atoms. The average molecular weight is 340 g/mol. The molecule has 4 nitrogen and oxygen atoms in total. The van der Waals surface area contributed by atoms with Crippen molar-refractivity contribution in [3.63, 3.8) is 0 Å². The zero-order chi connectivity index (χ0) is 16.8. The molecule has 0 aliphatic heterocycles. The Hall–Kier alpha value is -2.59. The molecule has 1 heterocycles. The minimum atomic E-state index is 0.451. The molecule has 122 valence electrons. The molecule has 0 saturated carbocycles. The van der Waals surface area contributed by atoms with Gasteiger partial charge in [0, 0.05) is 11.1 Å². The third kappa shape index (κ3) is 3.84. The van der Waals surface area contributed by atoms with Crippen LogP contribution in [0.5, 0.6) is 5.75 Å². The Morgan fingerprint density at radius 1 is 1.12 bits per heavy atom. The number of fused-ring (bicyclic) bond motifs is 1. The van der Waals surface area contributed by atoms with E-state index in [0.29, 0.717) is 12.5 Å². The summed E-state index contributed by atoms with van der Waals surface area (Å²) in [5.74, 6) is 1.95. The SMILES string of the molecule is C/C=C/c1ccc(Nc2ncnc3ccc(OCCCl)cc23)cc1. The second kappa shape index (κ2) is 7.79. The lowest BCUT2D eigenvalue weighted by atomic mass is 10.2. The maximum absolute atomic E-state index is 5.68. The van der Waals surface area contributed by atoms with Crippen LogP contribution in [0.1, 0.15) is 12.5 Å². The summed E-state index contributed by atoms with van der Waals surface area (Å²) in [6.45, 7) is 2.47. The topological polar surface area (TPSA) is 47.0 Å². The number of nitrogens with one attached hydrogen (secondary N) is 1. The second-order valence-corrected chi connectivity index (χ2v) is 5.56. The smallest absolute Gasteiger partial charge is 0.141 e. The van der Waals surface area contributed by atoms with Crippen molar-refractivity contribution in [2.24, 2.45) is 0 Å². The Morgan fingerprint density at radius 2 is 1.96 bits per heavy atom. The number of halogens is 1. The van der Waals surface area contributed by atoms with Gasteiger partial charge in [0.15, 0.2) is 0 Å². The maximum atomic E-state index is 5.68. The van der Waals surface area contributed by atoms with E-state index in [2.05, 4.69) is 33.5 Å². The lowest BCUT2D eigenvalue weighted by molar-refractivity contribution is 0.343.